The monoisotopic (exact) mass is 196 g/mol. The SMILES string of the molecule is CC(C)[C@H]1C2CCC(C)([C@H]1O)C2(C)C. The fraction of sp³-hybridized carbons (Fsp3) is 1.00. The van der Waals surface area contributed by atoms with E-state index in [1.807, 2.05) is 0 Å². The predicted octanol–water partition coefficient (Wildman–Crippen LogP) is 3.08. The van der Waals surface area contributed by atoms with Crippen molar-refractivity contribution in [3.05, 3.63) is 0 Å². The lowest BCUT2D eigenvalue weighted by Gasteiger charge is -2.37. The van der Waals surface area contributed by atoms with Crippen LogP contribution in [0.15, 0.2) is 0 Å². The molecule has 0 aromatic heterocycles. The molecular weight excluding hydrogens is 172 g/mol. The molecule has 0 aromatic rings. The van der Waals surface area contributed by atoms with Crippen LogP contribution >= 0.6 is 0 Å². The summed E-state index contributed by atoms with van der Waals surface area (Å²) in [5.74, 6) is 1.89. The first-order valence-corrected chi connectivity index (χ1v) is 6.00. The summed E-state index contributed by atoms with van der Waals surface area (Å²) in [6.45, 7) is 11.5. The maximum absolute atomic E-state index is 10.4. The van der Waals surface area contributed by atoms with Crippen LogP contribution in [0.2, 0.25) is 0 Å². The van der Waals surface area contributed by atoms with Crippen LogP contribution in [0.1, 0.15) is 47.5 Å². The van der Waals surface area contributed by atoms with Crippen LogP contribution in [0.4, 0.5) is 0 Å². The molecule has 0 aromatic carbocycles. The first kappa shape index (κ1) is 10.5. The summed E-state index contributed by atoms with van der Waals surface area (Å²) in [4.78, 5) is 0. The lowest BCUT2D eigenvalue weighted by molar-refractivity contribution is -0.0213. The zero-order chi connectivity index (χ0) is 10.7. The van der Waals surface area contributed by atoms with Crippen LogP contribution in [0.5, 0.6) is 0 Å². The quantitative estimate of drug-likeness (QED) is 0.683. The number of hydrogen-bond donors (Lipinski definition) is 1. The molecule has 0 radical (unpaired) electrons. The van der Waals surface area contributed by atoms with E-state index in [1.165, 1.54) is 12.8 Å². The van der Waals surface area contributed by atoms with Crippen LogP contribution in [0.25, 0.3) is 0 Å². The Labute approximate surface area is 87.9 Å². The average molecular weight is 196 g/mol. The van der Waals surface area contributed by atoms with Gasteiger partial charge in [-0.15, -0.1) is 0 Å². The average Bonchev–Trinajstić information content (AvgIpc) is 2.35. The zero-order valence-corrected chi connectivity index (χ0v) is 10.2. The molecule has 2 bridgehead atoms. The molecule has 2 unspecified atom stereocenters. The van der Waals surface area contributed by atoms with Crippen LogP contribution in [0, 0.1) is 28.6 Å². The van der Waals surface area contributed by atoms with E-state index in [2.05, 4.69) is 34.6 Å². The molecule has 2 aliphatic rings. The lowest BCUT2D eigenvalue weighted by Crippen LogP contribution is -2.38. The molecule has 1 nitrogen and oxygen atoms in total. The van der Waals surface area contributed by atoms with Crippen molar-refractivity contribution in [3.63, 3.8) is 0 Å². The second-order valence-electron chi connectivity index (χ2n) is 6.55. The Morgan fingerprint density at radius 1 is 1.21 bits per heavy atom. The highest BCUT2D eigenvalue weighted by Gasteiger charge is 2.65. The molecule has 2 rings (SSSR count). The van der Waals surface area contributed by atoms with Crippen LogP contribution in [0.3, 0.4) is 0 Å². The molecule has 14 heavy (non-hydrogen) atoms. The lowest BCUT2D eigenvalue weighted by atomic mass is 9.70. The minimum absolute atomic E-state index is 0.0729. The summed E-state index contributed by atoms with van der Waals surface area (Å²) < 4.78 is 0. The molecule has 2 aliphatic carbocycles. The van der Waals surface area contributed by atoms with Crippen LogP contribution < -0.4 is 0 Å². The van der Waals surface area contributed by atoms with Gasteiger partial charge in [0.2, 0.25) is 0 Å². The number of aliphatic hydroxyl groups excluding tert-OH is 1. The van der Waals surface area contributed by atoms with Crippen molar-refractivity contribution in [3.8, 4) is 0 Å². The second-order valence-corrected chi connectivity index (χ2v) is 6.55. The third-order valence-corrected chi connectivity index (χ3v) is 5.63. The van der Waals surface area contributed by atoms with Gasteiger partial charge in [0.05, 0.1) is 6.10 Å². The van der Waals surface area contributed by atoms with Crippen molar-refractivity contribution in [2.45, 2.75) is 53.6 Å². The molecule has 0 heterocycles. The highest BCUT2D eigenvalue weighted by molar-refractivity contribution is 5.14. The van der Waals surface area contributed by atoms with Crippen LogP contribution in [-0.4, -0.2) is 11.2 Å². The maximum atomic E-state index is 10.4. The summed E-state index contributed by atoms with van der Waals surface area (Å²) in [5.41, 5.74) is 0.508. The molecule has 2 saturated carbocycles. The van der Waals surface area contributed by atoms with Gasteiger partial charge in [0.1, 0.15) is 0 Å². The highest BCUT2D eigenvalue weighted by atomic mass is 16.3. The van der Waals surface area contributed by atoms with Gasteiger partial charge in [-0.25, -0.2) is 0 Å². The first-order chi connectivity index (χ1) is 6.32. The van der Waals surface area contributed by atoms with Gasteiger partial charge in [-0.05, 0) is 41.4 Å². The van der Waals surface area contributed by atoms with E-state index in [-0.39, 0.29) is 11.5 Å². The zero-order valence-electron chi connectivity index (χ0n) is 10.2. The third kappa shape index (κ3) is 0.946. The summed E-state index contributed by atoms with van der Waals surface area (Å²) in [7, 11) is 0. The van der Waals surface area contributed by atoms with Crippen LogP contribution in [-0.2, 0) is 0 Å². The Kier molecular flexibility index (Phi) is 2.06. The minimum atomic E-state index is -0.0729. The predicted molar refractivity (Wildman–Crippen MR) is 58.9 cm³/mol. The Hall–Kier alpha value is -0.0400. The van der Waals surface area contributed by atoms with Gasteiger partial charge in [-0.1, -0.05) is 34.6 Å². The molecular formula is C13H24O. The van der Waals surface area contributed by atoms with E-state index in [0.29, 0.717) is 17.3 Å². The second kappa shape index (κ2) is 2.75. The first-order valence-electron chi connectivity index (χ1n) is 6.00. The minimum Gasteiger partial charge on any atom is -0.392 e. The summed E-state index contributed by atoms with van der Waals surface area (Å²) >= 11 is 0. The van der Waals surface area contributed by atoms with Gasteiger partial charge in [0.15, 0.2) is 0 Å². The maximum Gasteiger partial charge on any atom is 0.0632 e. The molecule has 2 fully saturated rings. The fourth-order valence-electron chi connectivity index (χ4n) is 4.24. The van der Waals surface area contributed by atoms with Crippen molar-refractivity contribution in [1.29, 1.82) is 0 Å². The van der Waals surface area contributed by atoms with Gasteiger partial charge in [-0.2, -0.15) is 0 Å². The summed E-state index contributed by atoms with van der Waals surface area (Å²) in [5, 5.41) is 10.4. The van der Waals surface area contributed by atoms with Gasteiger partial charge in [0, 0.05) is 0 Å². The molecule has 0 amide bonds. The van der Waals surface area contributed by atoms with E-state index in [0.717, 1.165) is 5.92 Å². The fourth-order valence-corrected chi connectivity index (χ4v) is 4.24. The molecule has 4 atom stereocenters. The van der Waals surface area contributed by atoms with Crippen molar-refractivity contribution in [1.82, 2.24) is 0 Å². The largest absolute Gasteiger partial charge is 0.392 e. The smallest absolute Gasteiger partial charge is 0.0632 e. The van der Waals surface area contributed by atoms with E-state index < -0.39 is 0 Å². The van der Waals surface area contributed by atoms with Crippen molar-refractivity contribution in [2.24, 2.45) is 28.6 Å². The Balaban J connectivity index is 2.39. The number of fused-ring (bicyclic) bond motifs is 2. The summed E-state index contributed by atoms with van der Waals surface area (Å²) in [6.07, 6.45) is 2.47. The number of rotatable bonds is 1. The standard InChI is InChI=1S/C13H24O/c1-8(2)10-9-6-7-13(5,11(10)14)12(9,3)4/h8-11,14H,6-7H2,1-5H3/t9?,10-,11-,13?/m0/s1. The molecule has 1 heteroatoms. The van der Waals surface area contributed by atoms with Gasteiger partial charge in [-0.3, -0.25) is 0 Å². The van der Waals surface area contributed by atoms with Crippen molar-refractivity contribution < 1.29 is 5.11 Å². The molecule has 0 spiro atoms. The van der Waals surface area contributed by atoms with E-state index in [4.69, 9.17) is 0 Å². The normalized spacial score (nSPS) is 50.4. The summed E-state index contributed by atoms with van der Waals surface area (Å²) in [6, 6.07) is 0. The van der Waals surface area contributed by atoms with Crippen molar-refractivity contribution >= 4 is 0 Å². The Morgan fingerprint density at radius 2 is 1.79 bits per heavy atom. The van der Waals surface area contributed by atoms with Gasteiger partial charge >= 0.3 is 0 Å². The Morgan fingerprint density at radius 3 is 2.07 bits per heavy atom. The van der Waals surface area contributed by atoms with Gasteiger partial charge < -0.3 is 5.11 Å². The van der Waals surface area contributed by atoms with E-state index in [1.54, 1.807) is 0 Å². The molecule has 1 N–H and O–H groups in total. The number of hydrogen-bond acceptors (Lipinski definition) is 1. The van der Waals surface area contributed by atoms with Gasteiger partial charge in [0.25, 0.3) is 0 Å². The van der Waals surface area contributed by atoms with E-state index >= 15 is 0 Å². The number of aliphatic hydroxyl groups is 1. The molecule has 0 aliphatic heterocycles. The third-order valence-electron chi connectivity index (χ3n) is 5.63. The molecule has 82 valence electrons. The Bertz CT molecular complexity index is 244. The van der Waals surface area contributed by atoms with E-state index in [9.17, 15) is 5.11 Å². The molecule has 0 saturated heterocycles. The van der Waals surface area contributed by atoms with Crippen molar-refractivity contribution in [2.75, 3.05) is 0 Å². The topological polar surface area (TPSA) is 20.2 Å². The highest BCUT2D eigenvalue weighted by Crippen LogP contribution is 2.68.